The Kier molecular flexibility index (Phi) is 12.0. The molecule has 0 saturated carbocycles. The molecule has 1 fully saturated rings. The molecule has 50 heavy (non-hydrogen) atoms. The number of nitrogens with one attached hydrogen (secondary N) is 3. The number of nitrogens with zero attached hydrogens (tertiary/aromatic N) is 2. The predicted octanol–water partition coefficient (Wildman–Crippen LogP) is 6.19. The van der Waals surface area contributed by atoms with E-state index in [1.54, 1.807) is 37.5 Å². The summed E-state index contributed by atoms with van der Waals surface area (Å²) in [4.78, 5) is 46.0. The van der Waals surface area contributed by atoms with E-state index in [1.165, 1.54) is 17.4 Å². The van der Waals surface area contributed by atoms with Gasteiger partial charge in [0.15, 0.2) is 23.3 Å². The molecule has 11 nitrogen and oxygen atoms in total. The molecule has 15 heteroatoms. The molecule has 1 aliphatic heterocycles. The van der Waals surface area contributed by atoms with Crippen LogP contribution in [0.2, 0.25) is 0 Å². The van der Waals surface area contributed by atoms with Crippen molar-refractivity contribution in [1.29, 1.82) is 0 Å². The molecule has 2 aromatic carbocycles. The Morgan fingerprint density at radius 2 is 1.72 bits per heavy atom. The van der Waals surface area contributed by atoms with Crippen molar-refractivity contribution in [1.82, 2.24) is 20.9 Å². The molecule has 3 heterocycles. The smallest absolute Gasteiger partial charge is 0.408 e. The van der Waals surface area contributed by atoms with Gasteiger partial charge in [0.1, 0.15) is 5.60 Å². The molecule has 0 spiro atoms. The molecular weight excluding hydrogens is 689 g/mol. The maximum atomic E-state index is 14.9. The minimum absolute atomic E-state index is 0.152. The molecule has 0 aliphatic carbocycles. The van der Waals surface area contributed by atoms with E-state index in [0.29, 0.717) is 42.7 Å². The number of anilines is 1. The van der Waals surface area contributed by atoms with E-state index < -0.39 is 53.5 Å². The topological polar surface area (TPSA) is 131 Å². The number of carbonyl (C=O) groups is 3. The van der Waals surface area contributed by atoms with Crippen molar-refractivity contribution in [3.8, 4) is 27.4 Å². The van der Waals surface area contributed by atoms with E-state index >= 15 is 0 Å². The zero-order valence-electron chi connectivity index (χ0n) is 28.1. The number of thiazole rings is 1. The lowest BCUT2D eigenvalue weighted by atomic mass is 10.0. The van der Waals surface area contributed by atoms with Crippen molar-refractivity contribution in [2.75, 3.05) is 44.5 Å². The number of hydrogen-bond donors (Lipinski definition) is 3. The Morgan fingerprint density at radius 3 is 2.40 bits per heavy atom. The van der Waals surface area contributed by atoms with Crippen molar-refractivity contribution in [3.63, 3.8) is 0 Å². The number of alkyl carbamates (subject to hydrolysis) is 1. The number of morpholine rings is 1. The standard InChI is InChI=1S/C35H39F2N5O6S2/c1-21-11-16-49-32(21)23-7-5-22(6-8-23)26(41-34(45)48-35(2,3)4)17-28(43)38-20-39-29(44)18-47-31-24(9-10-25(36)30(31)37)27-19-50-33(40-27)42-12-14-46-15-13-42/h5-11,16,19,26H,12-15,17-18,20H2,1-4H3,(H,38,43)(H,39,44)(H,41,45)/t26-/m0/s1. The van der Waals surface area contributed by atoms with Crippen LogP contribution in [0.3, 0.4) is 0 Å². The van der Waals surface area contributed by atoms with E-state index in [1.807, 2.05) is 47.5 Å². The Balaban J connectivity index is 1.17. The van der Waals surface area contributed by atoms with Gasteiger partial charge in [-0.15, -0.1) is 22.7 Å². The van der Waals surface area contributed by atoms with Crippen molar-refractivity contribution < 1.29 is 37.4 Å². The van der Waals surface area contributed by atoms with E-state index in [0.717, 1.165) is 22.1 Å². The largest absolute Gasteiger partial charge is 0.480 e. The highest BCUT2D eigenvalue weighted by Gasteiger charge is 2.24. The lowest BCUT2D eigenvalue weighted by molar-refractivity contribution is -0.124. The number of rotatable bonds is 12. The minimum atomic E-state index is -1.24. The molecule has 0 radical (unpaired) electrons. The first kappa shape index (κ1) is 36.7. The van der Waals surface area contributed by atoms with Gasteiger partial charge in [0.25, 0.3) is 5.91 Å². The maximum Gasteiger partial charge on any atom is 0.408 e. The van der Waals surface area contributed by atoms with Gasteiger partial charge in [0.2, 0.25) is 11.7 Å². The molecular formula is C35H39F2N5O6S2. The molecule has 2 aromatic heterocycles. The minimum Gasteiger partial charge on any atom is -0.480 e. The van der Waals surface area contributed by atoms with Crippen LogP contribution in [0.4, 0.5) is 18.7 Å². The van der Waals surface area contributed by atoms with Gasteiger partial charge in [-0.1, -0.05) is 24.3 Å². The summed E-state index contributed by atoms with van der Waals surface area (Å²) in [6.45, 7) is 8.78. The summed E-state index contributed by atoms with van der Waals surface area (Å²) < 4.78 is 45.3. The SMILES string of the molecule is Cc1ccsc1-c1ccc([C@H](CC(=O)NCNC(=O)COc2c(-c3csc(N4CCOCC4)n3)ccc(F)c2F)NC(=O)OC(C)(C)C)cc1. The van der Waals surface area contributed by atoms with Gasteiger partial charge in [-0.25, -0.2) is 14.2 Å². The fraction of sp³-hybridized carbons (Fsp3) is 0.371. The molecule has 0 bridgehead atoms. The van der Waals surface area contributed by atoms with Crippen LogP contribution in [0.25, 0.3) is 21.7 Å². The van der Waals surface area contributed by atoms with Crippen molar-refractivity contribution in [2.45, 2.75) is 45.8 Å². The number of carbonyl (C=O) groups excluding carboxylic acids is 3. The molecule has 1 saturated heterocycles. The van der Waals surface area contributed by atoms with Crippen LogP contribution in [-0.4, -0.2) is 68.1 Å². The zero-order chi connectivity index (χ0) is 35.8. The second-order valence-corrected chi connectivity index (χ2v) is 14.2. The van der Waals surface area contributed by atoms with Crippen LogP contribution in [0.15, 0.2) is 53.2 Å². The quantitative estimate of drug-likeness (QED) is 0.148. The number of hydrogen-bond acceptors (Lipinski definition) is 10. The monoisotopic (exact) mass is 727 g/mol. The Hall–Kier alpha value is -4.60. The third kappa shape index (κ3) is 9.76. The lowest BCUT2D eigenvalue weighted by Crippen LogP contribution is -2.41. The number of amides is 3. The van der Waals surface area contributed by atoms with Gasteiger partial charge in [-0.2, -0.15) is 4.39 Å². The number of aryl methyl sites for hydroxylation is 1. The molecule has 3 N–H and O–H groups in total. The average Bonchev–Trinajstić information content (AvgIpc) is 3.74. The van der Waals surface area contributed by atoms with Crippen molar-refractivity contribution in [2.24, 2.45) is 0 Å². The average molecular weight is 728 g/mol. The van der Waals surface area contributed by atoms with Gasteiger partial charge in [0, 0.05) is 28.9 Å². The summed E-state index contributed by atoms with van der Waals surface area (Å²) >= 11 is 2.98. The third-order valence-corrected chi connectivity index (χ3v) is 9.50. The van der Waals surface area contributed by atoms with Gasteiger partial charge in [-0.05, 0) is 68.0 Å². The highest BCUT2D eigenvalue weighted by atomic mass is 32.1. The molecule has 266 valence electrons. The first-order valence-corrected chi connectivity index (χ1v) is 17.7. The Labute approximate surface area is 297 Å². The van der Waals surface area contributed by atoms with E-state index in [-0.39, 0.29) is 18.7 Å². The lowest BCUT2D eigenvalue weighted by Gasteiger charge is -2.26. The Bertz CT molecular complexity index is 1800. The predicted molar refractivity (Wildman–Crippen MR) is 188 cm³/mol. The Morgan fingerprint density at radius 1 is 1.00 bits per heavy atom. The number of thiophene rings is 1. The van der Waals surface area contributed by atoms with Crippen LogP contribution < -0.4 is 25.6 Å². The van der Waals surface area contributed by atoms with Gasteiger partial charge in [-0.3, -0.25) is 9.59 Å². The summed E-state index contributed by atoms with van der Waals surface area (Å²) in [7, 11) is 0. The van der Waals surface area contributed by atoms with E-state index in [9.17, 15) is 23.2 Å². The maximum absolute atomic E-state index is 14.9. The first-order chi connectivity index (χ1) is 23.9. The summed E-state index contributed by atoms with van der Waals surface area (Å²) in [5, 5.41) is 12.3. The molecule has 5 rings (SSSR count). The zero-order valence-corrected chi connectivity index (χ0v) is 29.8. The third-order valence-electron chi connectivity index (χ3n) is 7.54. The first-order valence-electron chi connectivity index (χ1n) is 15.9. The van der Waals surface area contributed by atoms with Gasteiger partial charge < -0.3 is 35.1 Å². The fourth-order valence-corrected chi connectivity index (χ4v) is 6.90. The second-order valence-electron chi connectivity index (χ2n) is 12.5. The summed E-state index contributed by atoms with van der Waals surface area (Å²) in [6, 6.07) is 11.2. The van der Waals surface area contributed by atoms with Crippen molar-refractivity contribution >= 4 is 45.7 Å². The van der Waals surface area contributed by atoms with E-state index in [4.69, 9.17) is 14.2 Å². The van der Waals surface area contributed by atoms with Gasteiger partial charge in [0.05, 0.1) is 38.0 Å². The molecule has 1 aliphatic rings. The van der Waals surface area contributed by atoms with Crippen LogP contribution in [0, 0.1) is 18.6 Å². The molecule has 0 unspecified atom stereocenters. The molecule has 3 amide bonds. The highest BCUT2D eigenvalue weighted by molar-refractivity contribution is 7.14. The van der Waals surface area contributed by atoms with E-state index in [2.05, 4.69) is 20.9 Å². The second kappa shape index (κ2) is 16.4. The summed E-state index contributed by atoms with van der Waals surface area (Å²) in [5.41, 5.74) is 2.68. The number of aromatic nitrogens is 1. The fourth-order valence-electron chi connectivity index (χ4n) is 5.09. The summed E-state index contributed by atoms with van der Waals surface area (Å²) in [5.74, 6) is -3.98. The highest BCUT2D eigenvalue weighted by Crippen LogP contribution is 2.36. The van der Waals surface area contributed by atoms with Crippen LogP contribution in [0.1, 0.15) is 44.4 Å². The van der Waals surface area contributed by atoms with Crippen molar-refractivity contribution in [3.05, 3.63) is 76.0 Å². The number of halogens is 2. The van der Waals surface area contributed by atoms with Crippen LogP contribution >= 0.6 is 22.7 Å². The number of benzene rings is 2. The summed E-state index contributed by atoms with van der Waals surface area (Å²) in [6.07, 6.45) is -0.834. The molecule has 4 aromatic rings. The normalized spacial score (nSPS) is 13.8. The molecule has 1 atom stereocenters. The van der Waals surface area contributed by atoms with Gasteiger partial charge >= 0.3 is 6.09 Å². The van der Waals surface area contributed by atoms with Crippen LogP contribution in [-0.2, 0) is 19.1 Å². The number of ether oxygens (including phenoxy) is 3. The van der Waals surface area contributed by atoms with Crippen LogP contribution in [0.5, 0.6) is 5.75 Å².